The standard InChI is InChI=1S/C12H24N2OS/c1-12(2)10-14(6-8-16-12)5-3-11-9-15-7-4-13-11/h11,13H,3-10H2,1-2H3. The highest BCUT2D eigenvalue weighted by Crippen LogP contribution is 2.29. The topological polar surface area (TPSA) is 24.5 Å². The fourth-order valence-electron chi connectivity index (χ4n) is 2.45. The minimum Gasteiger partial charge on any atom is -0.379 e. The summed E-state index contributed by atoms with van der Waals surface area (Å²) in [5.41, 5.74) is 0. The van der Waals surface area contributed by atoms with E-state index < -0.39 is 0 Å². The first-order valence-electron chi connectivity index (χ1n) is 6.33. The van der Waals surface area contributed by atoms with Crippen molar-refractivity contribution in [3.63, 3.8) is 0 Å². The molecule has 2 aliphatic rings. The second-order valence-corrected chi connectivity index (χ2v) is 7.20. The molecule has 4 heteroatoms. The van der Waals surface area contributed by atoms with Gasteiger partial charge in [0.15, 0.2) is 0 Å². The van der Waals surface area contributed by atoms with E-state index in [1.807, 2.05) is 0 Å². The highest BCUT2D eigenvalue weighted by atomic mass is 32.2. The fourth-order valence-corrected chi connectivity index (χ4v) is 3.62. The fraction of sp³-hybridized carbons (Fsp3) is 1.00. The quantitative estimate of drug-likeness (QED) is 0.806. The largest absolute Gasteiger partial charge is 0.379 e. The monoisotopic (exact) mass is 244 g/mol. The first-order chi connectivity index (χ1) is 7.66. The van der Waals surface area contributed by atoms with Crippen molar-refractivity contribution < 1.29 is 4.74 Å². The minimum absolute atomic E-state index is 0.439. The third kappa shape index (κ3) is 3.91. The number of hydrogen-bond acceptors (Lipinski definition) is 4. The van der Waals surface area contributed by atoms with Crippen molar-refractivity contribution in [2.24, 2.45) is 0 Å². The molecule has 0 aliphatic carbocycles. The van der Waals surface area contributed by atoms with E-state index in [0.29, 0.717) is 10.8 Å². The average molecular weight is 244 g/mol. The second-order valence-electron chi connectivity index (χ2n) is 5.40. The summed E-state index contributed by atoms with van der Waals surface area (Å²) in [5, 5.41) is 3.52. The summed E-state index contributed by atoms with van der Waals surface area (Å²) >= 11 is 2.10. The molecule has 94 valence electrons. The molecule has 16 heavy (non-hydrogen) atoms. The van der Waals surface area contributed by atoms with Crippen LogP contribution >= 0.6 is 11.8 Å². The summed E-state index contributed by atoms with van der Waals surface area (Å²) in [6.07, 6.45) is 1.22. The molecule has 0 aromatic carbocycles. The molecule has 3 nitrogen and oxygen atoms in total. The number of nitrogens with one attached hydrogen (secondary N) is 1. The lowest BCUT2D eigenvalue weighted by molar-refractivity contribution is 0.0697. The van der Waals surface area contributed by atoms with Crippen LogP contribution in [0.4, 0.5) is 0 Å². The Morgan fingerprint density at radius 2 is 2.38 bits per heavy atom. The average Bonchev–Trinajstić information content (AvgIpc) is 2.27. The maximum Gasteiger partial charge on any atom is 0.0620 e. The van der Waals surface area contributed by atoms with E-state index in [1.54, 1.807) is 0 Å². The van der Waals surface area contributed by atoms with Crippen molar-refractivity contribution in [2.45, 2.75) is 31.1 Å². The second kappa shape index (κ2) is 5.71. The molecule has 0 aromatic rings. The third-order valence-electron chi connectivity index (χ3n) is 3.30. The van der Waals surface area contributed by atoms with Crippen molar-refractivity contribution >= 4 is 11.8 Å². The van der Waals surface area contributed by atoms with Crippen LogP contribution in [0.25, 0.3) is 0 Å². The van der Waals surface area contributed by atoms with Gasteiger partial charge in [-0.1, -0.05) is 0 Å². The molecule has 1 atom stereocenters. The minimum atomic E-state index is 0.439. The molecule has 0 saturated carbocycles. The Kier molecular flexibility index (Phi) is 4.53. The van der Waals surface area contributed by atoms with Gasteiger partial charge >= 0.3 is 0 Å². The molecule has 2 heterocycles. The highest BCUT2D eigenvalue weighted by Gasteiger charge is 2.27. The van der Waals surface area contributed by atoms with E-state index in [2.05, 4.69) is 35.8 Å². The summed E-state index contributed by atoms with van der Waals surface area (Å²) in [4.78, 5) is 2.60. The van der Waals surface area contributed by atoms with Gasteiger partial charge in [-0.25, -0.2) is 0 Å². The van der Waals surface area contributed by atoms with Crippen molar-refractivity contribution in [1.29, 1.82) is 0 Å². The molecular formula is C12H24N2OS. The van der Waals surface area contributed by atoms with Crippen LogP contribution in [0.5, 0.6) is 0 Å². The lowest BCUT2D eigenvalue weighted by atomic mass is 10.1. The van der Waals surface area contributed by atoms with Crippen molar-refractivity contribution in [3.8, 4) is 0 Å². The summed E-state index contributed by atoms with van der Waals surface area (Å²) in [6, 6.07) is 0.575. The van der Waals surface area contributed by atoms with Crippen LogP contribution in [-0.2, 0) is 4.74 Å². The lowest BCUT2D eigenvalue weighted by Crippen LogP contribution is -2.47. The van der Waals surface area contributed by atoms with Gasteiger partial charge in [0.25, 0.3) is 0 Å². The molecule has 1 N–H and O–H groups in total. The SMILES string of the molecule is CC1(C)CN(CCC2COCCN2)CCS1. The Labute approximate surface area is 103 Å². The molecule has 0 bridgehead atoms. The van der Waals surface area contributed by atoms with Crippen LogP contribution < -0.4 is 5.32 Å². The van der Waals surface area contributed by atoms with Gasteiger partial charge in [0, 0.05) is 36.2 Å². The van der Waals surface area contributed by atoms with Gasteiger partial charge in [-0.3, -0.25) is 0 Å². The number of rotatable bonds is 3. The van der Waals surface area contributed by atoms with Gasteiger partial charge in [-0.05, 0) is 26.8 Å². The van der Waals surface area contributed by atoms with Crippen LogP contribution in [0, 0.1) is 0 Å². The Balaban J connectivity index is 1.68. The predicted octanol–water partition coefficient (Wildman–Crippen LogP) is 1.19. The van der Waals surface area contributed by atoms with Crippen LogP contribution in [0.1, 0.15) is 20.3 Å². The zero-order chi connectivity index (χ0) is 11.4. The van der Waals surface area contributed by atoms with Crippen molar-refractivity contribution in [3.05, 3.63) is 0 Å². The maximum absolute atomic E-state index is 5.48. The molecule has 0 amide bonds. The normalized spacial score (nSPS) is 31.5. The molecule has 2 fully saturated rings. The molecule has 2 rings (SSSR count). The van der Waals surface area contributed by atoms with Crippen LogP contribution in [0.3, 0.4) is 0 Å². The Bertz CT molecular complexity index is 217. The van der Waals surface area contributed by atoms with E-state index in [1.165, 1.54) is 31.8 Å². The third-order valence-corrected chi connectivity index (χ3v) is 4.59. The number of nitrogens with zero attached hydrogens (tertiary/aromatic N) is 1. The molecule has 2 saturated heterocycles. The number of hydrogen-bond donors (Lipinski definition) is 1. The predicted molar refractivity (Wildman–Crippen MR) is 70.2 cm³/mol. The molecule has 2 aliphatic heterocycles. The van der Waals surface area contributed by atoms with E-state index in [0.717, 1.165) is 19.8 Å². The van der Waals surface area contributed by atoms with E-state index in [9.17, 15) is 0 Å². The smallest absolute Gasteiger partial charge is 0.0620 e. The maximum atomic E-state index is 5.48. The van der Waals surface area contributed by atoms with Crippen LogP contribution in [0.2, 0.25) is 0 Å². The van der Waals surface area contributed by atoms with E-state index in [-0.39, 0.29) is 0 Å². The number of ether oxygens (including phenoxy) is 1. The van der Waals surface area contributed by atoms with E-state index in [4.69, 9.17) is 4.74 Å². The first-order valence-corrected chi connectivity index (χ1v) is 7.32. The van der Waals surface area contributed by atoms with Gasteiger partial charge in [0.1, 0.15) is 0 Å². The Hall–Kier alpha value is 0.230. The number of thioether (sulfide) groups is 1. The van der Waals surface area contributed by atoms with Gasteiger partial charge in [-0.2, -0.15) is 11.8 Å². The summed E-state index contributed by atoms with van der Waals surface area (Å²) in [7, 11) is 0. The van der Waals surface area contributed by atoms with Crippen LogP contribution in [0.15, 0.2) is 0 Å². The molecule has 1 unspecified atom stereocenters. The van der Waals surface area contributed by atoms with Gasteiger partial charge in [0.05, 0.1) is 13.2 Å². The number of morpholine rings is 1. The summed E-state index contributed by atoms with van der Waals surface area (Å²) in [5.74, 6) is 1.28. The van der Waals surface area contributed by atoms with Gasteiger partial charge < -0.3 is 15.0 Å². The Morgan fingerprint density at radius 1 is 1.50 bits per heavy atom. The van der Waals surface area contributed by atoms with Crippen molar-refractivity contribution in [2.75, 3.05) is 45.1 Å². The van der Waals surface area contributed by atoms with Crippen molar-refractivity contribution in [1.82, 2.24) is 10.2 Å². The first kappa shape index (κ1) is 12.7. The lowest BCUT2D eigenvalue weighted by Gasteiger charge is -2.38. The van der Waals surface area contributed by atoms with Gasteiger partial charge in [-0.15, -0.1) is 0 Å². The van der Waals surface area contributed by atoms with E-state index >= 15 is 0 Å². The molecule has 0 radical (unpaired) electrons. The summed E-state index contributed by atoms with van der Waals surface area (Å²) in [6.45, 7) is 11.2. The van der Waals surface area contributed by atoms with Crippen LogP contribution in [-0.4, -0.2) is 60.8 Å². The molecular weight excluding hydrogens is 220 g/mol. The zero-order valence-corrected chi connectivity index (χ0v) is 11.3. The molecule has 0 spiro atoms. The zero-order valence-electron chi connectivity index (χ0n) is 10.5. The van der Waals surface area contributed by atoms with Gasteiger partial charge in [0.2, 0.25) is 0 Å². The Morgan fingerprint density at radius 3 is 3.06 bits per heavy atom. The summed E-state index contributed by atoms with van der Waals surface area (Å²) < 4.78 is 5.92. The highest BCUT2D eigenvalue weighted by molar-refractivity contribution is 8.00. The molecule has 0 aromatic heterocycles.